The zero-order chi connectivity index (χ0) is 18.2. The first kappa shape index (κ1) is 17.8. The monoisotopic (exact) mass is 359 g/mol. The van der Waals surface area contributed by atoms with Gasteiger partial charge in [-0.25, -0.2) is 9.38 Å². The van der Waals surface area contributed by atoms with Crippen molar-refractivity contribution in [2.24, 2.45) is 4.99 Å². The summed E-state index contributed by atoms with van der Waals surface area (Å²) in [5.74, 6) is 2.55. The lowest BCUT2D eigenvalue weighted by molar-refractivity contribution is 0.173. The van der Waals surface area contributed by atoms with E-state index in [1.807, 2.05) is 31.2 Å². The first-order valence-electron chi connectivity index (χ1n) is 8.53. The fourth-order valence-electron chi connectivity index (χ4n) is 2.45. The molecule has 0 atom stereocenters. The zero-order valence-electron chi connectivity index (χ0n) is 14.6. The van der Waals surface area contributed by atoms with Crippen molar-refractivity contribution < 1.29 is 18.6 Å². The summed E-state index contributed by atoms with van der Waals surface area (Å²) in [7, 11) is 0. The van der Waals surface area contributed by atoms with Crippen molar-refractivity contribution in [3.05, 3.63) is 53.8 Å². The molecule has 0 bridgehead atoms. The quantitative estimate of drug-likeness (QED) is 0.452. The van der Waals surface area contributed by atoms with Crippen LogP contribution < -0.4 is 24.8 Å². The van der Waals surface area contributed by atoms with E-state index < -0.39 is 0 Å². The van der Waals surface area contributed by atoms with Crippen LogP contribution in [0.5, 0.6) is 17.2 Å². The Kier molecular flexibility index (Phi) is 6.14. The first-order valence-corrected chi connectivity index (χ1v) is 8.53. The molecule has 6 nitrogen and oxygen atoms in total. The van der Waals surface area contributed by atoms with Crippen LogP contribution in [-0.4, -0.2) is 32.4 Å². The van der Waals surface area contributed by atoms with Gasteiger partial charge in [0.25, 0.3) is 0 Å². The van der Waals surface area contributed by atoms with Gasteiger partial charge in [-0.2, -0.15) is 0 Å². The number of nitrogens with zero attached hydrogens (tertiary/aromatic N) is 1. The van der Waals surface area contributed by atoms with E-state index in [1.54, 1.807) is 6.07 Å². The Morgan fingerprint density at radius 2 is 2.04 bits per heavy atom. The van der Waals surface area contributed by atoms with Gasteiger partial charge in [0.1, 0.15) is 18.2 Å². The maximum atomic E-state index is 13.2. The maximum Gasteiger partial charge on any atom is 0.231 e. The Morgan fingerprint density at radius 3 is 2.88 bits per heavy atom. The van der Waals surface area contributed by atoms with Gasteiger partial charge >= 0.3 is 0 Å². The largest absolute Gasteiger partial charge is 0.492 e. The van der Waals surface area contributed by atoms with Gasteiger partial charge in [-0.15, -0.1) is 0 Å². The maximum absolute atomic E-state index is 13.2. The summed E-state index contributed by atoms with van der Waals surface area (Å²) in [6, 6.07) is 11.9. The average Bonchev–Trinajstić information content (AvgIpc) is 3.11. The molecule has 0 radical (unpaired) electrons. The molecule has 2 aromatic rings. The Bertz CT molecular complexity index is 767. The summed E-state index contributed by atoms with van der Waals surface area (Å²) in [4.78, 5) is 4.45. The van der Waals surface area contributed by atoms with E-state index >= 15 is 0 Å². The molecule has 3 rings (SSSR count). The minimum Gasteiger partial charge on any atom is -0.492 e. The minimum atomic E-state index is -0.257. The third-order valence-corrected chi connectivity index (χ3v) is 3.66. The smallest absolute Gasteiger partial charge is 0.231 e. The summed E-state index contributed by atoms with van der Waals surface area (Å²) >= 11 is 0. The number of aliphatic imine (C=N–C) groups is 1. The predicted molar refractivity (Wildman–Crippen MR) is 97.3 cm³/mol. The van der Waals surface area contributed by atoms with Crippen LogP contribution >= 0.6 is 0 Å². The van der Waals surface area contributed by atoms with Crippen LogP contribution in [0.4, 0.5) is 4.39 Å². The first-order chi connectivity index (χ1) is 12.7. The summed E-state index contributed by atoms with van der Waals surface area (Å²) in [5.41, 5.74) is 0.818. The van der Waals surface area contributed by atoms with Gasteiger partial charge in [0.05, 0.1) is 13.1 Å². The van der Waals surface area contributed by atoms with Crippen molar-refractivity contribution in [2.75, 3.05) is 26.5 Å². The lowest BCUT2D eigenvalue weighted by Gasteiger charge is -2.12. The lowest BCUT2D eigenvalue weighted by atomic mass is 10.2. The molecule has 0 saturated carbocycles. The lowest BCUT2D eigenvalue weighted by Crippen LogP contribution is -2.39. The highest BCUT2D eigenvalue weighted by Crippen LogP contribution is 2.34. The number of hydrogen-bond acceptors (Lipinski definition) is 4. The van der Waals surface area contributed by atoms with Crippen molar-refractivity contribution in [3.8, 4) is 17.2 Å². The Morgan fingerprint density at radius 1 is 1.15 bits per heavy atom. The summed E-state index contributed by atoms with van der Waals surface area (Å²) in [6.07, 6.45) is 0. The zero-order valence-corrected chi connectivity index (χ0v) is 14.6. The van der Waals surface area contributed by atoms with Gasteiger partial charge in [-0.1, -0.05) is 12.1 Å². The molecular formula is C19H22FN3O3. The van der Waals surface area contributed by atoms with Crippen LogP contribution in [0.3, 0.4) is 0 Å². The molecule has 1 heterocycles. The second-order valence-corrected chi connectivity index (χ2v) is 5.62. The van der Waals surface area contributed by atoms with Gasteiger partial charge in [0, 0.05) is 12.6 Å². The van der Waals surface area contributed by atoms with E-state index in [1.165, 1.54) is 12.1 Å². The highest BCUT2D eigenvalue weighted by molar-refractivity contribution is 5.79. The fraction of sp³-hybridized carbons (Fsp3) is 0.316. The summed E-state index contributed by atoms with van der Waals surface area (Å²) < 4.78 is 29.5. The van der Waals surface area contributed by atoms with Crippen LogP contribution in [0.15, 0.2) is 47.5 Å². The van der Waals surface area contributed by atoms with Crippen molar-refractivity contribution in [2.45, 2.75) is 13.5 Å². The molecule has 7 heteroatoms. The number of hydrogen-bond donors (Lipinski definition) is 2. The van der Waals surface area contributed by atoms with Crippen molar-refractivity contribution >= 4 is 5.96 Å². The Balaban J connectivity index is 1.46. The molecule has 1 aliphatic rings. The molecule has 0 spiro atoms. The number of benzene rings is 2. The van der Waals surface area contributed by atoms with Gasteiger partial charge in [0.2, 0.25) is 6.79 Å². The molecular weight excluding hydrogens is 337 g/mol. The molecule has 0 amide bonds. The van der Waals surface area contributed by atoms with Gasteiger partial charge in [-0.05, 0) is 36.8 Å². The van der Waals surface area contributed by atoms with Crippen molar-refractivity contribution in [3.63, 3.8) is 0 Å². The molecule has 0 fully saturated rings. The Labute approximate surface area is 152 Å². The highest BCUT2D eigenvalue weighted by atomic mass is 19.1. The van der Waals surface area contributed by atoms with Gasteiger partial charge in [-0.3, -0.25) is 0 Å². The topological polar surface area (TPSA) is 64.1 Å². The molecule has 0 aromatic heterocycles. The highest BCUT2D eigenvalue weighted by Gasteiger charge is 2.13. The molecule has 138 valence electrons. The normalized spacial score (nSPS) is 12.8. The summed E-state index contributed by atoms with van der Waals surface area (Å²) in [6.45, 7) is 4.40. The summed E-state index contributed by atoms with van der Waals surface area (Å²) in [5, 5.41) is 6.35. The third kappa shape index (κ3) is 5.02. The van der Waals surface area contributed by atoms with E-state index in [2.05, 4.69) is 15.6 Å². The van der Waals surface area contributed by atoms with E-state index in [4.69, 9.17) is 14.2 Å². The van der Waals surface area contributed by atoms with E-state index in [0.29, 0.717) is 31.4 Å². The molecule has 2 N–H and O–H groups in total. The number of nitrogens with one attached hydrogen (secondary N) is 2. The van der Waals surface area contributed by atoms with Crippen molar-refractivity contribution in [1.29, 1.82) is 0 Å². The Hall–Kier alpha value is -2.96. The van der Waals surface area contributed by atoms with Crippen molar-refractivity contribution in [1.82, 2.24) is 10.6 Å². The van der Waals surface area contributed by atoms with Crippen LogP contribution in [-0.2, 0) is 6.54 Å². The number of rotatable bonds is 7. The third-order valence-electron chi connectivity index (χ3n) is 3.66. The SMILES string of the molecule is CCNC(=NCc1cccc(F)c1)NCCOc1ccc2c(c1)OCO2. The van der Waals surface area contributed by atoms with Crippen LogP contribution in [0, 0.1) is 5.82 Å². The van der Waals surface area contributed by atoms with Crippen LogP contribution in [0.25, 0.3) is 0 Å². The average molecular weight is 359 g/mol. The van der Waals surface area contributed by atoms with E-state index in [0.717, 1.165) is 23.6 Å². The molecule has 1 aliphatic heterocycles. The second-order valence-electron chi connectivity index (χ2n) is 5.62. The number of ether oxygens (including phenoxy) is 3. The minimum absolute atomic E-state index is 0.244. The van der Waals surface area contributed by atoms with Crippen LogP contribution in [0.1, 0.15) is 12.5 Å². The number of halogens is 1. The van der Waals surface area contributed by atoms with Crippen LogP contribution in [0.2, 0.25) is 0 Å². The number of guanidine groups is 1. The molecule has 0 saturated heterocycles. The molecule has 26 heavy (non-hydrogen) atoms. The van der Waals surface area contributed by atoms with Gasteiger partial charge < -0.3 is 24.8 Å². The van der Waals surface area contributed by atoms with E-state index in [-0.39, 0.29) is 12.6 Å². The molecule has 2 aromatic carbocycles. The van der Waals surface area contributed by atoms with E-state index in [9.17, 15) is 4.39 Å². The number of fused-ring (bicyclic) bond motifs is 1. The predicted octanol–water partition coefficient (Wildman–Crippen LogP) is 2.69. The molecule has 0 unspecified atom stereocenters. The van der Waals surface area contributed by atoms with Gasteiger partial charge in [0.15, 0.2) is 17.5 Å². The fourth-order valence-corrected chi connectivity index (χ4v) is 2.45. The molecule has 0 aliphatic carbocycles. The second kappa shape index (κ2) is 8.94. The standard InChI is InChI=1S/C19H22FN3O3/c1-2-21-19(23-12-14-4-3-5-15(20)10-14)22-8-9-24-16-6-7-17-18(11-16)26-13-25-17/h3-7,10-11H,2,8-9,12-13H2,1H3,(H2,21,22,23).